The Hall–Kier alpha value is -3.85. The van der Waals surface area contributed by atoms with Crippen LogP contribution in [-0.4, -0.2) is 39.1 Å². The molecule has 3 aromatic rings. The van der Waals surface area contributed by atoms with Gasteiger partial charge in [-0.1, -0.05) is 6.07 Å². The van der Waals surface area contributed by atoms with E-state index in [1.165, 1.54) is 42.7 Å². The highest BCUT2D eigenvalue weighted by molar-refractivity contribution is 7.16. The van der Waals surface area contributed by atoms with Crippen molar-refractivity contribution in [3.8, 4) is 11.5 Å². The third kappa shape index (κ3) is 5.69. The van der Waals surface area contributed by atoms with E-state index >= 15 is 0 Å². The number of hydrogen-bond donors (Lipinski definition) is 2. The van der Waals surface area contributed by atoms with Gasteiger partial charge < -0.3 is 24.8 Å². The van der Waals surface area contributed by atoms with E-state index in [-0.39, 0.29) is 18.4 Å². The van der Waals surface area contributed by atoms with Crippen molar-refractivity contribution in [2.45, 2.75) is 13.5 Å². The molecule has 0 spiro atoms. The second-order valence-electron chi connectivity index (χ2n) is 6.99. The molecule has 1 aromatic heterocycles. The van der Waals surface area contributed by atoms with Gasteiger partial charge >= 0.3 is 5.97 Å². The van der Waals surface area contributed by atoms with E-state index in [1.54, 1.807) is 32.4 Å². The summed E-state index contributed by atoms with van der Waals surface area (Å²) in [5, 5.41) is 6.10. The molecule has 8 nitrogen and oxygen atoms in total. The van der Waals surface area contributed by atoms with Crippen molar-refractivity contribution in [1.82, 2.24) is 5.32 Å². The van der Waals surface area contributed by atoms with Crippen LogP contribution in [0, 0.1) is 6.92 Å². The van der Waals surface area contributed by atoms with E-state index in [1.807, 2.05) is 13.0 Å². The Labute approximate surface area is 195 Å². The molecule has 2 aromatic carbocycles. The summed E-state index contributed by atoms with van der Waals surface area (Å²) in [6, 6.07) is 13.2. The maximum atomic E-state index is 12.8. The van der Waals surface area contributed by atoms with E-state index in [2.05, 4.69) is 15.4 Å². The Bertz CT molecular complexity index is 1170. The van der Waals surface area contributed by atoms with Gasteiger partial charge in [-0.15, -0.1) is 11.3 Å². The van der Waals surface area contributed by atoms with Crippen LogP contribution in [0.1, 0.15) is 41.5 Å². The van der Waals surface area contributed by atoms with Gasteiger partial charge in [0.15, 0.2) is 11.5 Å². The molecular formula is C24H24N2O6S. The maximum Gasteiger partial charge on any atom is 0.337 e. The lowest BCUT2D eigenvalue weighted by Gasteiger charge is -2.11. The molecule has 0 saturated heterocycles. The number of esters is 1. The van der Waals surface area contributed by atoms with Gasteiger partial charge in [-0.3, -0.25) is 9.59 Å². The Morgan fingerprint density at radius 3 is 2.15 bits per heavy atom. The number of amides is 2. The molecule has 0 unspecified atom stereocenters. The smallest absolute Gasteiger partial charge is 0.337 e. The maximum absolute atomic E-state index is 12.8. The van der Waals surface area contributed by atoms with Crippen molar-refractivity contribution in [2.24, 2.45) is 0 Å². The van der Waals surface area contributed by atoms with E-state index in [0.717, 1.165) is 10.4 Å². The lowest BCUT2D eigenvalue weighted by molar-refractivity contribution is 0.0600. The van der Waals surface area contributed by atoms with Crippen LogP contribution < -0.4 is 20.1 Å². The number of methoxy groups -OCH3 is 3. The predicted molar refractivity (Wildman–Crippen MR) is 126 cm³/mol. The van der Waals surface area contributed by atoms with E-state index < -0.39 is 5.97 Å². The molecule has 9 heteroatoms. The number of nitrogens with one attached hydrogen (secondary N) is 2. The summed E-state index contributed by atoms with van der Waals surface area (Å²) < 4.78 is 15.2. The highest BCUT2D eigenvalue weighted by Gasteiger charge is 2.18. The lowest BCUT2D eigenvalue weighted by atomic mass is 10.1. The molecule has 2 N–H and O–H groups in total. The second-order valence-corrected chi connectivity index (χ2v) is 8.25. The summed E-state index contributed by atoms with van der Waals surface area (Å²) in [5.74, 6) is -0.00981. The van der Waals surface area contributed by atoms with Crippen LogP contribution >= 0.6 is 11.3 Å². The Morgan fingerprint density at radius 2 is 1.52 bits per heavy atom. The van der Waals surface area contributed by atoms with Gasteiger partial charge in [0.1, 0.15) is 5.00 Å². The summed E-state index contributed by atoms with van der Waals surface area (Å²) in [4.78, 5) is 38.0. The molecule has 1 heterocycles. The summed E-state index contributed by atoms with van der Waals surface area (Å²) in [6.07, 6.45) is 0. The minimum absolute atomic E-state index is 0.274. The molecule has 33 heavy (non-hydrogen) atoms. The van der Waals surface area contributed by atoms with E-state index in [9.17, 15) is 14.4 Å². The molecular weight excluding hydrogens is 444 g/mol. The lowest BCUT2D eigenvalue weighted by Crippen LogP contribution is -2.24. The normalized spacial score (nSPS) is 10.3. The Balaban J connectivity index is 1.70. The molecule has 0 radical (unpaired) electrons. The zero-order chi connectivity index (χ0) is 24.0. The molecule has 0 aliphatic heterocycles. The first kappa shape index (κ1) is 23.8. The van der Waals surface area contributed by atoms with Crippen molar-refractivity contribution in [3.63, 3.8) is 0 Å². The number of ether oxygens (including phenoxy) is 3. The number of carbonyl (C=O) groups is 3. The number of rotatable bonds is 8. The fourth-order valence-corrected chi connectivity index (χ4v) is 4.00. The zero-order valence-corrected chi connectivity index (χ0v) is 19.5. The van der Waals surface area contributed by atoms with Gasteiger partial charge in [0.25, 0.3) is 11.8 Å². The molecule has 172 valence electrons. The first-order valence-electron chi connectivity index (χ1n) is 9.95. The van der Waals surface area contributed by atoms with Crippen LogP contribution in [0.3, 0.4) is 0 Å². The molecule has 0 fully saturated rings. The first-order chi connectivity index (χ1) is 15.9. The quantitative estimate of drug-likeness (QED) is 0.484. The molecule has 0 saturated carbocycles. The number of aryl methyl sites for hydroxylation is 1. The van der Waals surface area contributed by atoms with E-state index in [0.29, 0.717) is 33.2 Å². The fraction of sp³-hybridized carbons (Fsp3) is 0.208. The summed E-state index contributed by atoms with van der Waals surface area (Å²) >= 11 is 1.31. The molecule has 3 rings (SSSR count). The predicted octanol–water partition coefficient (Wildman–Crippen LogP) is 4.04. The van der Waals surface area contributed by atoms with Gasteiger partial charge in [-0.2, -0.15) is 0 Å². The SMILES string of the molecule is COC(=O)c1ccc(C(=O)Nc2sc(C)cc2C(=O)NCc2ccc(OC)c(OC)c2)cc1. The summed E-state index contributed by atoms with van der Waals surface area (Å²) in [6.45, 7) is 2.13. The number of benzene rings is 2. The molecule has 0 atom stereocenters. The Morgan fingerprint density at radius 1 is 0.848 bits per heavy atom. The topological polar surface area (TPSA) is 103 Å². The van der Waals surface area contributed by atoms with Crippen molar-refractivity contribution in [1.29, 1.82) is 0 Å². The average molecular weight is 469 g/mol. The van der Waals surface area contributed by atoms with Crippen LogP contribution in [0.15, 0.2) is 48.5 Å². The van der Waals surface area contributed by atoms with Crippen LogP contribution in [0.2, 0.25) is 0 Å². The molecule has 2 amide bonds. The third-order valence-electron chi connectivity index (χ3n) is 4.80. The zero-order valence-electron chi connectivity index (χ0n) is 18.7. The first-order valence-corrected chi connectivity index (χ1v) is 10.8. The van der Waals surface area contributed by atoms with E-state index in [4.69, 9.17) is 9.47 Å². The van der Waals surface area contributed by atoms with Gasteiger partial charge in [-0.05, 0) is 55.0 Å². The molecule has 0 aliphatic rings. The van der Waals surface area contributed by atoms with Gasteiger partial charge in [0.05, 0.1) is 32.5 Å². The molecule has 0 aliphatic carbocycles. The standard InChI is InChI=1S/C24H24N2O6S/c1-14-11-18(22(28)25-13-15-5-10-19(30-2)20(12-15)31-3)23(33-14)26-21(27)16-6-8-17(9-7-16)24(29)32-4/h5-12H,13H2,1-4H3,(H,25,28)(H,26,27). The largest absolute Gasteiger partial charge is 0.493 e. The number of anilines is 1. The van der Waals surface area contributed by atoms with Crippen LogP contribution in [0.4, 0.5) is 5.00 Å². The van der Waals surface area contributed by atoms with Crippen molar-refractivity contribution >= 4 is 34.1 Å². The fourth-order valence-electron chi connectivity index (χ4n) is 3.09. The van der Waals surface area contributed by atoms with Crippen molar-refractivity contribution in [3.05, 3.63) is 75.7 Å². The number of carbonyl (C=O) groups excluding carboxylic acids is 3. The molecule has 0 bridgehead atoms. The van der Waals surface area contributed by atoms with Crippen LogP contribution in [0.5, 0.6) is 11.5 Å². The summed E-state index contributed by atoms with van der Waals surface area (Å²) in [5.41, 5.74) is 1.91. The highest BCUT2D eigenvalue weighted by atomic mass is 32.1. The monoisotopic (exact) mass is 468 g/mol. The summed E-state index contributed by atoms with van der Waals surface area (Å²) in [7, 11) is 4.40. The van der Waals surface area contributed by atoms with Gasteiger partial charge in [-0.25, -0.2) is 4.79 Å². The highest BCUT2D eigenvalue weighted by Crippen LogP contribution is 2.29. The van der Waals surface area contributed by atoms with Gasteiger partial charge in [0.2, 0.25) is 0 Å². The minimum atomic E-state index is -0.482. The second kappa shape index (κ2) is 10.6. The minimum Gasteiger partial charge on any atom is -0.493 e. The third-order valence-corrected chi connectivity index (χ3v) is 5.76. The number of thiophene rings is 1. The van der Waals surface area contributed by atoms with Crippen LogP contribution in [0.25, 0.3) is 0 Å². The van der Waals surface area contributed by atoms with Crippen molar-refractivity contribution in [2.75, 3.05) is 26.6 Å². The van der Waals surface area contributed by atoms with Crippen LogP contribution in [-0.2, 0) is 11.3 Å². The number of hydrogen-bond acceptors (Lipinski definition) is 7. The Kier molecular flexibility index (Phi) is 7.68. The average Bonchev–Trinajstić information content (AvgIpc) is 3.21. The van der Waals surface area contributed by atoms with Crippen molar-refractivity contribution < 1.29 is 28.6 Å². The van der Waals surface area contributed by atoms with Gasteiger partial charge in [0, 0.05) is 17.0 Å².